The van der Waals surface area contributed by atoms with Crippen molar-refractivity contribution < 1.29 is 18.0 Å². The van der Waals surface area contributed by atoms with Crippen molar-refractivity contribution in [1.82, 2.24) is 10.2 Å². The van der Waals surface area contributed by atoms with Gasteiger partial charge in [-0.15, -0.1) is 0 Å². The van der Waals surface area contributed by atoms with Gasteiger partial charge in [0.05, 0.1) is 11.9 Å². The van der Waals surface area contributed by atoms with Gasteiger partial charge in [0.15, 0.2) is 0 Å². The van der Waals surface area contributed by atoms with Gasteiger partial charge in [-0.05, 0) is 49.2 Å². The van der Waals surface area contributed by atoms with Crippen molar-refractivity contribution in [3.05, 3.63) is 62.1 Å². The van der Waals surface area contributed by atoms with E-state index in [1.54, 1.807) is 26.0 Å². The van der Waals surface area contributed by atoms with Crippen LogP contribution in [-0.4, -0.2) is 50.5 Å². The number of hydrogen-bond donors (Lipinski definition) is 1. The van der Waals surface area contributed by atoms with Crippen molar-refractivity contribution in [3.8, 4) is 0 Å². The van der Waals surface area contributed by atoms with Crippen molar-refractivity contribution in [2.75, 3.05) is 23.7 Å². The summed E-state index contributed by atoms with van der Waals surface area (Å²) in [5.74, 6) is -0.967. The number of amides is 2. The number of nitrogens with zero attached hydrogens (tertiary/aromatic N) is 2. The fraction of sp³-hybridized carbons (Fsp3) is 0.364. The largest absolute Gasteiger partial charge is 0.355 e. The number of carbonyl (C=O) groups is 2. The second kappa shape index (κ2) is 12.3. The molecular formula is C22H25Cl4N3O4S. The summed E-state index contributed by atoms with van der Waals surface area (Å²) in [5.41, 5.74) is 0.683. The first-order valence-electron chi connectivity index (χ1n) is 10.3. The lowest BCUT2D eigenvalue weighted by atomic mass is 10.1. The molecule has 2 amide bonds. The summed E-state index contributed by atoms with van der Waals surface area (Å²) in [7, 11) is -3.91. The Labute approximate surface area is 220 Å². The molecule has 186 valence electrons. The minimum absolute atomic E-state index is 0.0294. The molecule has 1 atom stereocenters. The van der Waals surface area contributed by atoms with Crippen LogP contribution in [0.4, 0.5) is 5.69 Å². The van der Waals surface area contributed by atoms with E-state index in [2.05, 4.69) is 5.32 Å². The SMILES string of the molecule is CCNC(=O)C(CC)N(Cc1ccc(Cl)cc1Cl)C(=O)CN(c1cc(Cl)cc(Cl)c1)S(C)(=O)=O. The molecule has 0 radical (unpaired) electrons. The Kier molecular flexibility index (Phi) is 10.3. The molecule has 34 heavy (non-hydrogen) atoms. The fourth-order valence-electron chi connectivity index (χ4n) is 3.34. The lowest BCUT2D eigenvalue weighted by Gasteiger charge is -2.33. The quantitative estimate of drug-likeness (QED) is 0.436. The highest BCUT2D eigenvalue weighted by Gasteiger charge is 2.32. The smallest absolute Gasteiger partial charge is 0.244 e. The molecule has 2 aromatic rings. The lowest BCUT2D eigenvalue weighted by molar-refractivity contribution is -0.140. The van der Waals surface area contributed by atoms with Crippen molar-refractivity contribution in [2.45, 2.75) is 32.9 Å². The molecule has 0 aliphatic rings. The van der Waals surface area contributed by atoms with Gasteiger partial charge in [0.2, 0.25) is 21.8 Å². The molecule has 7 nitrogen and oxygen atoms in total. The number of anilines is 1. The highest BCUT2D eigenvalue weighted by Crippen LogP contribution is 2.28. The molecule has 0 aliphatic carbocycles. The summed E-state index contributed by atoms with van der Waals surface area (Å²) >= 11 is 24.4. The van der Waals surface area contributed by atoms with E-state index in [1.165, 1.54) is 29.2 Å². The number of carbonyl (C=O) groups excluding carboxylic acids is 2. The van der Waals surface area contributed by atoms with E-state index in [0.717, 1.165) is 10.6 Å². The highest BCUT2D eigenvalue weighted by molar-refractivity contribution is 7.92. The maximum Gasteiger partial charge on any atom is 0.244 e. The van der Waals surface area contributed by atoms with Gasteiger partial charge in [-0.2, -0.15) is 0 Å². The predicted molar refractivity (Wildman–Crippen MR) is 138 cm³/mol. The number of benzene rings is 2. The summed E-state index contributed by atoms with van der Waals surface area (Å²) in [6.07, 6.45) is 1.27. The number of sulfonamides is 1. The van der Waals surface area contributed by atoms with E-state index in [0.29, 0.717) is 28.6 Å². The molecule has 0 saturated heterocycles. The first-order chi connectivity index (χ1) is 15.9. The van der Waals surface area contributed by atoms with E-state index in [1.807, 2.05) is 0 Å². The van der Waals surface area contributed by atoms with Crippen LogP contribution in [0, 0.1) is 0 Å². The van der Waals surface area contributed by atoms with Crippen molar-refractivity contribution in [1.29, 1.82) is 0 Å². The highest BCUT2D eigenvalue weighted by atomic mass is 35.5. The first kappa shape index (κ1) is 28.5. The molecule has 0 saturated carbocycles. The molecule has 2 rings (SSSR count). The van der Waals surface area contributed by atoms with Crippen LogP contribution in [0.15, 0.2) is 36.4 Å². The van der Waals surface area contributed by atoms with Crippen molar-refractivity contribution in [3.63, 3.8) is 0 Å². The predicted octanol–water partition coefficient (Wildman–Crippen LogP) is 5.01. The summed E-state index contributed by atoms with van der Waals surface area (Å²) < 4.78 is 26.1. The van der Waals surface area contributed by atoms with E-state index in [9.17, 15) is 18.0 Å². The second-order valence-electron chi connectivity index (χ2n) is 7.47. The van der Waals surface area contributed by atoms with Crippen LogP contribution in [0.3, 0.4) is 0 Å². The van der Waals surface area contributed by atoms with Gasteiger partial charge in [0, 0.05) is 33.2 Å². The first-order valence-corrected chi connectivity index (χ1v) is 13.7. The molecule has 2 aromatic carbocycles. The van der Waals surface area contributed by atoms with Crippen LogP contribution < -0.4 is 9.62 Å². The van der Waals surface area contributed by atoms with Crippen molar-refractivity contribution in [2.24, 2.45) is 0 Å². The monoisotopic (exact) mass is 567 g/mol. The van der Waals surface area contributed by atoms with E-state index >= 15 is 0 Å². The topological polar surface area (TPSA) is 86.8 Å². The summed E-state index contributed by atoms with van der Waals surface area (Å²) in [4.78, 5) is 27.6. The number of nitrogens with one attached hydrogen (secondary N) is 1. The third-order valence-corrected chi connectivity index (χ3v) is 7.07. The summed E-state index contributed by atoms with van der Waals surface area (Å²) in [5, 5.41) is 3.88. The Morgan fingerprint density at radius 3 is 2.09 bits per heavy atom. The average molecular weight is 569 g/mol. The number of hydrogen-bond acceptors (Lipinski definition) is 4. The van der Waals surface area contributed by atoms with Gasteiger partial charge < -0.3 is 10.2 Å². The second-order valence-corrected chi connectivity index (χ2v) is 11.1. The Morgan fingerprint density at radius 2 is 1.59 bits per heavy atom. The Bertz CT molecular complexity index is 1140. The maximum atomic E-state index is 13.5. The Morgan fingerprint density at radius 1 is 0.971 bits per heavy atom. The van der Waals surface area contributed by atoms with Crippen LogP contribution in [0.1, 0.15) is 25.8 Å². The number of likely N-dealkylation sites (N-methyl/N-ethyl adjacent to an activating group) is 1. The van der Waals surface area contributed by atoms with E-state index < -0.39 is 28.5 Å². The van der Waals surface area contributed by atoms with Crippen LogP contribution in [0.25, 0.3) is 0 Å². The Balaban J connectivity index is 2.50. The fourth-order valence-corrected chi connectivity index (χ4v) is 5.16. The minimum Gasteiger partial charge on any atom is -0.355 e. The molecule has 0 bridgehead atoms. The minimum atomic E-state index is -3.91. The molecular weight excluding hydrogens is 544 g/mol. The molecule has 0 fully saturated rings. The summed E-state index contributed by atoms with van der Waals surface area (Å²) in [6.45, 7) is 3.29. The van der Waals surface area contributed by atoms with Gasteiger partial charge >= 0.3 is 0 Å². The van der Waals surface area contributed by atoms with Crippen LogP contribution in [0.5, 0.6) is 0 Å². The molecule has 12 heteroatoms. The molecule has 0 aromatic heterocycles. The zero-order valence-electron chi connectivity index (χ0n) is 18.8. The van der Waals surface area contributed by atoms with Gasteiger partial charge in [-0.3, -0.25) is 13.9 Å². The molecule has 1 N–H and O–H groups in total. The van der Waals surface area contributed by atoms with E-state index in [-0.39, 0.29) is 28.2 Å². The van der Waals surface area contributed by atoms with Gasteiger partial charge in [0.1, 0.15) is 12.6 Å². The van der Waals surface area contributed by atoms with Gasteiger partial charge in [0.25, 0.3) is 0 Å². The Hall–Kier alpha value is -1.71. The maximum absolute atomic E-state index is 13.5. The third kappa shape index (κ3) is 7.65. The lowest BCUT2D eigenvalue weighted by Crippen LogP contribution is -2.52. The van der Waals surface area contributed by atoms with E-state index in [4.69, 9.17) is 46.4 Å². The summed E-state index contributed by atoms with van der Waals surface area (Å²) in [6, 6.07) is 8.18. The zero-order valence-corrected chi connectivity index (χ0v) is 22.7. The van der Waals surface area contributed by atoms with Crippen LogP contribution >= 0.6 is 46.4 Å². The normalized spacial score (nSPS) is 12.2. The molecule has 1 unspecified atom stereocenters. The zero-order chi connectivity index (χ0) is 25.6. The number of halogens is 4. The van der Waals surface area contributed by atoms with Gasteiger partial charge in [-0.25, -0.2) is 8.42 Å². The average Bonchev–Trinajstić information content (AvgIpc) is 2.71. The molecule has 0 aliphatic heterocycles. The van der Waals surface area contributed by atoms with Crippen LogP contribution in [0.2, 0.25) is 20.1 Å². The number of rotatable bonds is 10. The molecule has 0 heterocycles. The van der Waals surface area contributed by atoms with Gasteiger partial charge in [-0.1, -0.05) is 59.4 Å². The third-order valence-electron chi connectivity index (χ3n) is 4.91. The van der Waals surface area contributed by atoms with Crippen molar-refractivity contribution >= 4 is 73.9 Å². The molecule has 0 spiro atoms. The standard InChI is InChI=1S/C22H25Cl4N3O4S/c1-4-20(22(31)27-5-2)28(12-14-6-7-15(23)11-19(14)26)21(30)13-29(34(3,32)33)18-9-16(24)8-17(25)10-18/h6-11,20H,4-5,12-13H2,1-3H3,(H,27,31). The van der Waals surface area contributed by atoms with Crippen LogP contribution in [-0.2, 0) is 26.2 Å².